The van der Waals surface area contributed by atoms with Crippen LogP contribution in [0.25, 0.3) is 11.4 Å². The third-order valence-corrected chi connectivity index (χ3v) is 4.55. The van der Waals surface area contributed by atoms with Crippen molar-refractivity contribution < 1.29 is 28.3 Å². The van der Waals surface area contributed by atoms with E-state index in [0.29, 0.717) is 28.8 Å². The molecule has 0 amide bonds. The Labute approximate surface area is 165 Å². The lowest BCUT2D eigenvalue weighted by molar-refractivity contribution is -0.142. The number of ether oxygens (including phenoxy) is 3. The Kier molecular flexibility index (Phi) is 6.38. The fraction of sp³-hybridized carbons (Fsp3) is 0.263. The van der Waals surface area contributed by atoms with Gasteiger partial charge >= 0.3 is 5.97 Å². The predicted molar refractivity (Wildman–Crippen MR) is 101 cm³/mol. The molecule has 146 valence electrons. The van der Waals surface area contributed by atoms with Crippen molar-refractivity contribution in [3.63, 3.8) is 0 Å². The van der Waals surface area contributed by atoms with Gasteiger partial charge in [-0.15, -0.1) is 0 Å². The summed E-state index contributed by atoms with van der Waals surface area (Å²) in [6.07, 6.45) is 0.258. The minimum Gasteiger partial charge on any atom is -0.497 e. The van der Waals surface area contributed by atoms with Gasteiger partial charge < -0.3 is 18.7 Å². The van der Waals surface area contributed by atoms with E-state index in [9.17, 15) is 9.59 Å². The van der Waals surface area contributed by atoms with Gasteiger partial charge in [0.05, 0.1) is 26.2 Å². The van der Waals surface area contributed by atoms with Crippen LogP contribution in [-0.4, -0.2) is 42.7 Å². The summed E-state index contributed by atoms with van der Waals surface area (Å²) in [5.74, 6) is 0.827. The summed E-state index contributed by atoms with van der Waals surface area (Å²) in [7, 11) is 2.97. The Morgan fingerprint density at radius 3 is 2.75 bits per heavy atom. The van der Waals surface area contributed by atoms with Crippen molar-refractivity contribution in [3.8, 4) is 22.9 Å². The standard InChI is InChI=1S/C19H18N2O6S/c1-24-13-3-4-14(16(9-13)25-2)15(22)10-26-18(23)6-5-17-20-19(21-27-17)12-7-8-28-11-12/h3-4,7-9,11H,5-6,10H2,1-2H3. The number of Topliss-reactive ketones (excluding diaryl/α,β-unsaturated/α-hetero) is 1. The summed E-state index contributed by atoms with van der Waals surface area (Å²) in [5, 5.41) is 7.69. The second-order valence-corrected chi connectivity index (χ2v) is 6.45. The average molecular weight is 402 g/mol. The number of esters is 1. The fourth-order valence-corrected chi connectivity index (χ4v) is 3.03. The molecule has 0 aliphatic heterocycles. The molecule has 0 unspecified atom stereocenters. The number of carbonyl (C=O) groups excluding carboxylic acids is 2. The molecule has 9 heteroatoms. The summed E-state index contributed by atoms with van der Waals surface area (Å²) in [6.45, 7) is -0.383. The average Bonchev–Trinajstić information content (AvgIpc) is 3.41. The van der Waals surface area contributed by atoms with Gasteiger partial charge in [-0.2, -0.15) is 16.3 Å². The van der Waals surface area contributed by atoms with Gasteiger partial charge in [0, 0.05) is 23.4 Å². The Balaban J connectivity index is 1.50. The normalized spacial score (nSPS) is 10.5. The lowest BCUT2D eigenvalue weighted by atomic mass is 10.1. The lowest BCUT2D eigenvalue weighted by Crippen LogP contribution is -2.15. The zero-order valence-electron chi connectivity index (χ0n) is 15.3. The molecular formula is C19H18N2O6S. The molecule has 0 aliphatic rings. The molecule has 2 aromatic heterocycles. The van der Waals surface area contributed by atoms with E-state index in [1.807, 2.05) is 16.8 Å². The van der Waals surface area contributed by atoms with Crippen molar-refractivity contribution in [2.45, 2.75) is 12.8 Å². The molecular weight excluding hydrogens is 384 g/mol. The lowest BCUT2D eigenvalue weighted by Gasteiger charge is -2.09. The number of carbonyl (C=O) groups is 2. The van der Waals surface area contributed by atoms with Crippen LogP contribution in [0.3, 0.4) is 0 Å². The molecule has 3 rings (SSSR count). The highest BCUT2D eigenvalue weighted by Crippen LogP contribution is 2.25. The molecule has 8 nitrogen and oxygen atoms in total. The smallest absolute Gasteiger partial charge is 0.306 e. The van der Waals surface area contributed by atoms with Crippen molar-refractivity contribution >= 4 is 23.1 Å². The van der Waals surface area contributed by atoms with Gasteiger partial charge in [0.25, 0.3) is 0 Å². The Hall–Kier alpha value is -3.20. The van der Waals surface area contributed by atoms with Gasteiger partial charge in [-0.25, -0.2) is 0 Å². The van der Waals surface area contributed by atoms with E-state index in [1.165, 1.54) is 25.6 Å². The molecule has 3 aromatic rings. The summed E-state index contributed by atoms with van der Waals surface area (Å²) >= 11 is 1.53. The van der Waals surface area contributed by atoms with Crippen molar-refractivity contribution in [1.82, 2.24) is 10.1 Å². The summed E-state index contributed by atoms with van der Waals surface area (Å²) in [6, 6.07) is 6.68. The van der Waals surface area contributed by atoms with E-state index in [1.54, 1.807) is 18.2 Å². The van der Waals surface area contributed by atoms with Crippen molar-refractivity contribution in [2.24, 2.45) is 0 Å². The zero-order valence-corrected chi connectivity index (χ0v) is 16.2. The molecule has 0 fully saturated rings. The predicted octanol–water partition coefficient (Wildman–Crippen LogP) is 3.17. The SMILES string of the molecule is COc1ccc(C(=O)COC(=O)CCc2nc(-c3ccsc3)no2)c(OC)c1. The first-order chi connectivity index (χ1) is 13.6. The van der Waals surface area contributed by atoms with E-state index >= 15 is 0 Å². The molecule has 0 radical (unpaired) electrons. The second kappa shape index (κ2) is 9.14. The van der Waals surface area contributed by atoms with Crippen LogP contribution >= 0.6 is 11.3 Å². The van der Waals surface area contributed by atoms with Crippen LogP contribution in [0.15, 0.2) is 39.5 Å². The number of nitrogens with zero attached hydrogens (tertiary/aromatic N) is 2. The first-order valence-corrected chi connectivity index (χ1v) is 9.31. The maximum atomic E-state index is 12.3. The molecule has 0 N–H and O–H groups in total. The van der Waals surface area contributed by atoms with Gasteiger partial charge in [-0.05, 0) is 23.6 Å². The molecule has 28 heavy (non-hydrogen) atoms. The number of ketones is 1. The summed E-state index contributed by atoms with van der Waals surface area (Å²) in [5.41, 5.74) is 1.18. The van der Waals surface area contributed by atoms with Gasteiger partial charge in [0.15, 0.2) is 6.61 Å². The molecule has 0 aliphatic carbocycles. The Morgan fingerprint density at radius 2 is 2.04 bits per heavy atom. The quantitative estimate of drug-likeness (QED) is 0.397. The third-order valence-electron chi connectivity index (χ3n) is 3.86. The van der Waals surface area contributed by atoms with Crippen molar-refractivity contribution in [1.29, 1.82) is 0 Å². The first kappa shape index (κ1) is 19.6. The largest absolute Gasteiger partial charge is 0.497 e. The van der Waals surface area contributed by atoms with Crippen LogP contribution < -0.4 is 9.47 Å². The maximum absolute atomic E-state index is 12.3. The van der Waals surface area contributed by atoms with Crippen molar-refractivity contribution in [2.75, 3.05) is 20.8 Å². The molecule has 0 spiro atoms. The van der Waals surface area contributed by atoms with E-state index in [-0.39, 0.29) is 25.2 Å². The zero-order chi connectivity index (χ0) is 19.9. The minimum absolute atomic E-state index is 0.0261. The monoisotopic (exact) mass is 402 g/mol. The van der Waals surface area contributed by atoms with E-state index in [4.69, 9.17) is 18.7 Å². The fourth-order valence-electron chi connectivity index (χ4n) is 2.40. The van der Waals surface area contributed by atoms with Gasteiger partial charge in [0.2, 0.25) is 17.5 Å². The highest BCUT2D eigenvalue weighted by Gasteiger charge is 2.16. The highest BCUT2D eigenvalue weighted by molar-refractivity contribution is 7.08. The minimum atomic E-state index is -0.531. The summed E-state index contributed by atoms with van der Waals surface area (Å²) in [4.78, 5) is 28.5. The number of methoxy groups -OCH3 is 2. The Morgan fingerprint density at radius 1 is 1.18 bits per heavy atom. The highest BCUT2D eigenvalue weighted by atomic mass is 32.1. The van der Waals surface area contributed by atoms with Gasteiger partial charge in [0.1, 0.15) is 11.5 Å². The molecule has 2 heterocycles. The second-order valence-electron chi connectivity index (χ2n) is 5.67. The number of hydrogen-bond acceptors (Lipinski definition) is 9. The van der Waals surface area contributed by atoms with E-state index in [2.05, 4.69) is 10.1 Å². The van der Waals surface area contributed by atoms with E-state index in [0.717, 1.165) is 5.56 Å². The van der Waals surface area contributed by atoms with Crippen LogP contribution in [0.5, 0.6) is 11.5 Å². The molecule has 0 atom stereocenters. The van der Waals surface area contributed by atoms with Crippen LogP contribution in [0.4, 0.5) is 0 Å². The van der Waals surface area contributed by atoms with Gasteiger partial charge in [-0.1, -0.05) is 5.16 Å². The van der Waals surface area contributed by atoms with Gasteiger partial charge in [-0.3, -0.25) is 9.59 Å². The Bertz CT molecular complexity index is 951. The number of aromatic nitrogens is 2. The van der Waals surface area contributed by atoms with Crippen LogP contribution in [0.1, 0.15) is 22.7 Å². The number of thiophene rings is 1. The number of aryl methyl sites for hydroxylation is 1. The molecule has 0 bridgehead atoms. The number of hydrogen-bond donors (Lipinski definition) is 0. The van der Waals surface area contributed by atoms with Crippen LogP contribution in [0.2, 0.25) is 0 Å². The third kappa shape index (κ3) is 4.74. The van der Waals surface area contributed by atoms with Crippen LogP contribution in [-0.2, 0) is 16.0 Å². The summed E-state index contributed by atoms with van der Waals surface area (Å²) < 4.78 is 20.5. The van der Waals surface area contributed by atoms with Crippen molar-refractivity contribution in [3.05, 3.63) is 46.5 Å². The number of rotatable bonds is 9. The van der Waals surface area contributed by atoms with Crippen LogP contribution in [0, 0.1) is 0 Å². The van der Waals surface area contributed by atoms with E-state index < -0.39 is 5.97 Å². The topological polar surface area (TPSA) is 101 Å². The molecule has 0 saturated carbocycles. The first-order valence-electron chi connectivity index (χ1n) is 8.36. The maximum Gasteiger partial charge on any atom is 0.306 e. The molecule has 1 aromatic carbocycles. The molecule has 0 saturated heterocycles. The number of benzene rings is 1.